The normalized spacial score (nSPS) is 10.8. The molecule has 5 heteroatoms. The second kappa shape index (κ2) is 6.72. The summed E-state index contributed by atoms with van der Waals surface area (Å²) < 4.78 is 16.1. The predicted molar refractivity (Wildman–Crippen MR) is 80.6 cm³/mol. The van der Waals surface area contributed by atoms with Gasteiger partial charge in [0, 0.05) is 10.9 Å². The fourth-order valence-electron chi connectivity index (χ4n) is 1.74. The van der Waals surface area contributed by atoms with E-state index < -0.39 is 0 Å². The zero-order chi connectivity index (χ0) is 14.5. The molecule has 0 amide bonds. The quantitative estimate of drug-likeness (QED) is 0.813. The van der Waals surface area contributed by atoms with Crippen molar-refractivity contribution in [3.05, 3.63) is 28.6 Å². The molecule has 108 valence electrons. The van der Waals surface area contributed by atoms with Gasteiger partial charge in [-0.05, 0) is 32.0 Å². The molecule has 0 aliphatic rings. The molecule has 0 saturated carbocycles. The Hall–Kier alpha value is -1.59. The van der Waals surface area contributed by atoms with Crippen molar-refractivity contribution in [3.63, 3.8) is 0 Å². The maximum absolute atomic E-state index is 5.56. The molecular formula is C15H19NO3S. The predicted octanol–water partition coefficient (Wildman–Crippen LogP) is 3.75. The summed E-state index contributed by atoms with van der Waals surface area (Å²) in [5, 5.41) is 3.00. The number of aromatic nitrogens is 1. The summed E-state index contributed by atoms with van der Waals surface area (Å²) in [6.45, 7) is 4.58. The van der Waals surface area contributed by atoms with E-state index in [1.807, 2.05) is 37.4 Å². The van der Waals surface area contributed by atoms with Gasteiger partial charge in [-0.3, -0.25) is 0 Å². The highest BCUT2D eigenvalue weighted by molar-refractivity contribution is 7.09. The number of thiazole rings is 1. The van der Waals surface area contributed by atoms with Gasteiger partial charge in [0.2, 0.25) is 0 Å². The molecular weight excluding hydrogens is 274 g/mol. The number of nitrogens with zero attached hydrogens (tertiary/aromatic N) is 1. The molecule has 0 aliphatic heterocycles. The van der Waals surface area contributed by atoms with Crippen LogP contribution in [0.25, 0.3) is 11.3 Å². The molecule has 0 aliphatic carbocycles. The lowest BCUT2D eigenvalue weighted by molar-refractivity contribution is 0.0656. The van der Waals surface area contributed by atoms with E-state index in [2.05, 4.69) is 4.98 Å². The van der Waals surface area contributed by atoms with Gasteiger partial charge in [0.05, 0.1) is 32.6 Å². The summed E-state index contributed by atoms with van der Waals surface area (Å²) in [5.74, 6) is 1.42. The maximum Gasteiger partial charge on any atom is 0.161 e. The second-order valence-corrected chi connectivity index (χ2v) is 5.50. The lowest BCUT2D eigenvalue weighted by Crippen LogP contribution is -2.01. The van der Waals surface area contributed by atoms with Gasteiger partial charge in [0.25, 0.3) is 0 Å². The molecule has 1 aromatic heterocycles. The van der Waals surface area contributed by atoms with Gasteiger partial charge < -0.3 is 14.2 Å². The third kappa shape index (κ3) is 3.49. The lowest BCUT2D eigenvalue weighted by Gasteiger charge is -2.08. The van der Waals surface area contributed by atoms with Crippen molar-refractivity contribution in [1.82, 2.24) is 4.98 Å². The monoisotopic (exact) mass is 293 g/mol. The number of hydrogen-bond acceptors (Lipinski definition) is 5. The zero-order valence-electron chi connectivity index (χ0n) is 12.2. The van der Waals surface area contributed by atoms with Crippen molar-refractivity contribution in [3.8, 4) is 22.8 Å². The Kier molecular flexibility index (Phi) is 4.98. The summed E-state index contributed by atoms with van der Waals surface area (Å²) in [4.78, 5) is 4.58. The standard InChI is InChI=1S/C15H19NO3S/c1-10(2)19-8-15-16-12(9-20-15)11-5-6-13(17-3)14(7-11)18-4/h5-7,9-10H,8H2,1-4H3. The van der Waals surface area contributed by atoms with Crippen molar-refractivity contribution < 1.29 is 14.2 Å². The average Bonchev–Trinajstić information content (AvgIpc) is 2.93. The Labute approximate surface area is 123 Å². The molecule has 0 radical (unpaired) electrons. The number of ether oxygens (including phenoxy) is 3. The molecule has 0 saturated heterocycles. The van der Waals surface area contributed by atoms with Crippen molar-refractivity contribution in [2.75, 3.05) is 14.2 Å². The Bertz CT molecular complexity index is 566. The largest absolute Gasteiger partial charge is 0.493 e. The Morgan fingerprint density at radius 1 is 1.15 bits per heavy atom. The van der Waals surface area contributed by atoms with Crippen LogP contribution in [-0.4, -0.2) is 25.3 Å². The zero-order valence-corrected chi connectivity index (χ0v) is 13.0. The number of methoxy groups -OCH3 is 2. The van der Waals surface area contributed by atoms with Crippen LogP contribution < -0.4 is 9.47 Å². The summed E-state index contributed by atoms with van der Waals surface area (Å²) in [7, 11) is 3.26. The van der Waals surface area contributed by atoms with Crippen LogP contribution in [0.15, 0.2) is 23.6 Å². The van der Waals surface area contributed by atoms with E-state index in [0.29, 0.717) is 12.4 Å². The number of hydrogen-bond donors (Lipinski definition) is 0. The molecule has 0 atom stereocenters. The minimum atomic E-state index is 0.212. The smallest absolute Gasteiger partial charge is 0.161 e. The molecule has 1 aromatic carbocycles. The van der Waals surface area contributed by atoms with Crippen LogP contribution in [0.4, 0.5) is 0 Å². The summed E-state index contributed by atoms with van der Waals surface area (Å²) in [6, 6.07) is 5.79. The summed E-state index contributed by atoms with van der Waals surface area (Å²) in [6.07, 6.45) is 0.212. The first-order valence-corrected chi connectivity index (χ1v) is 7.30. The van der Waals surface area contributed by atoms with Crippen LogP contribution >= 0.6 is 11.3 Å². The van der Waals surface area contributed by atoms with Gasteiger partial charge >= 0.3 is 0 Å². The van der Waals surface area contributed by atoms with Crippen molar-refractivity contribution in [1.29, 1.82) is 0 Å². The van der Waals surface area contributed by atoms with Gasteiger partial charge in [-0.15, -0.1) is 11.3 Å². The van der Waals surface area contributed by atoms with Crippen LogP contribution in [0.5, 0.6) is 11.5 Å². The average molecular weight is 293 g/mol. The fourth-order valence-corrected chi connectivity index (χ4v) is 2.47. The fraction of sp³-hybridized carbons (Fsp3) is 0.400. The van der Waals surface area contributed by atoms with Gasteiger partial charge in [0.1, 0.15) is 5.01 Å². The first-order chi connectivity index (χ1) is 9.63. The number of rotatable bonds is 6. The molecule has 20 heavy (non-hydrogen) atoms. The van der Waals surface area contributed by atoms with Gasteiger partial charge in [-0.25, -0.2) is 4.98 Å². The van der Waals surface area contributed by atoms with Gasteiger partial charge in [-0.1, -0.05) is 0 Å². The van der Waals surface area contributed by atoms with E-state index >= 15 is 0 Å². The lowest BCUT2D eigenvalue weighted by atomic mass is 10.1. The van der Waals surface area contributed by atoms with Crippen LogP contribution in [0.3, 0.4) is 0 Å². The minimum Gasteiger partial charge on any atom is -0.493 e. The Morgan fingerprint density at radius 2 is 1.90 bits per heavy atom. The topological polar surface area (TPSA) is 40.6 Å². The minimum absolute atomic E-state index is 0.212. The molecule has 0 fully saturated rings. The summed E-state index contributed by atoms with van der Waals surface area (Å²) >= 11 is 1.60. The molecule has 0 N–H and O–H groups in total. The maximum atomic E-state index is 5.56. The molecule has 1 heterocycles. The molecule has 0 spiro atoms. The Balaban J connectivity index is 2.19. The second-order valence-electron chi connectivity index (χ2n) is 4.56. The third-order valence-corrected chi connectivity index (χ3v) is 3.59. The summed E-state index contributed by atoms with van der Waals surface area (Å²) in [5.41, 5.74) is 1.94. The first kappa shape index (κ1) is 14.8. The Morgan fingerprint density at radius 3 is 2.55 bits per heavy atom. The third-order valence-electron chi connectivity index (χ3n) is 2.77. The van der Waals surface area contributed by atoms with Crippen LogP contribution in [0, 0.1) is 0 Å². The van der Waals surface area contributed by atoms with Crippen molar-refractivity contribution in [2.45, 2.75) is 26.6 Å². The van der Waals surface area contributed by atoms with Crippen molar-refractivity contribution in [2.24, 2.45) is 0 Å². The highest BCUT2D eigenvalue weighted by Crippen LogP contribution is 2.32. The van der Waals surface area contributed by atoms with Crippen molar-refractivity contribution >= 4 is 11.3 Å². The van der Waals surface area contributed by atoms with E-state index in [1.54, 1.807) is 25.6 Å². The van der Waals surface area contributed by atoms with E-state index in [1.165, 1.54) is 0 Å². The highest BCUT2D eigenvalue weighted by Gasteiger charge is 2.09. The van der Waals surface area contributed by atoms with E-state index in [9.17, 15) is 0 Å². The molecule has 4 nitrogen and oxygen atoms in total. The van der Waals surface area contributed by atoms with E-state index in [-0.39, 0.29) is 6.10 Å². The molecule has 0 bridgehead atoms. The van der Waals surface area contributed by atoms with Crippen LogP contribution in [0.2, 0.25) is 0 Å². The van der Waals surface area contributed by atoms with Crippen LogP contribution in [-0.2, 0) is 11.3 Å². The first-order valence-electron chi connectivity index (χ1n) is 6.42. The van der Waals surface area contributed by atoms with Gasteiger partial charge in [-0.2, -0.15) is 0 Å². The van der Waals surface area contributed by atoms with E-state index in [4.69, 9.17) is 14.2 Å². The number of benzene rings is 1. The SMILES string of the molecule is COc1ccc(-c2csc(COC(C)C)n2)cc1OC. The molecule has 2 rings (SSSR count). The van der Waals surface area contributed by atoms with Gasteiger partial charge in [0.15, 0.2) is 11.5 Å². The molecule has 2 aromatic rings. The highest BCUT2D eigenvalue weighted by atomic mass is 32.1. The van der Waals surface area contributed by atoms with Crippen LogP contribution in [0.1, 0.15) is 18.9 Å². The van der Waals surface area contributed by atoms with E-state index in [0.717, 1.165) is 22.0 Å². The molecule has 0 unspecified atom stereocenters.